The number of amides is 1. The fourth-order valence-corrected chi connectivity index (χ4v) is 1.49. The van der Waals surface area contributed by atoms with Gasteiger partial charge in [-0.15, -0.1) is 5.10 Å². The topological polar surface area (TPSA) is 123 Å². The average molecular weight is 275 g/mol. The van der Waals surface area contributed by atoms with E-state index in [9.17, 15) is 9.59 Å². The Kier molecular flexibility index (Phi) is 3.94. The summed E-state index contributed by atoms with van der Waals surface area (Å²) in [4.78, 5) is 26.6. The summed E-state index contributed by atoms with van der Waals surface area (Å²) < 4.78 is 4.58. The number of carbonyl (C=O) groups excluding carboxylic acids is 2. The van der Waals surface area contributed by atoms with E-state index in [0.717, 1.165) is 5.56 Å². The summed E-state index contributed by atoms with van der Waals surface area (Å²) in [5.41, 5.74) is 6.64. The van der Waals surface area contributed by atoms with Gasteiger partial charge in [-0.25, -0.2) is 4.79 Å². The van der Waals surface area contributed by atoms with Crippen LogP contribution in [0.1, 0.15) is 6.92 Å². The van der Waals surface area contributed by atoms with E-state index in [2.05, 4.69) is 25.2 Å². The van der Waals surface area contributed by atoms with Crippen LogP contribution in [-0.2, 0) is 14.3 Å². The molecule has 1 heterocycles. The largest absolute Gasteiger partial charge is 0.459 e. The number of nitrogens with two attached hydrogens (primary N) is 1. The van der Waals surface area contributed by atoms with E-state index in [1.54, 1.807) is 31.2 Å². The quantitative estimate of drug-likeness (QED) is 0.555. The zero-order valence-electron chi connectivity index (χ0n) is 10.7. The zero-order valence-corrected chi connectivity index (χ0v) is 10.7. The van der Waals surface area contributed by atoms with Crippen molar-refractivity contribution in [2.45, 2.75) is 6.92 Å². The molecular formula is C12H13N5O3. The molecular weight excluding hydrogens is 262 g/mol. The molecule has 8 nitrogen and oxygen atoms in total. The number of carbonyl (C=O) groups is 2. The van der Waals surface area contributed by atoms with Crippen molar-refractivity contribution in [2.24, 2.45) is 0 Å². The molecule has 1 amide bonds. The number of benzene rings is 1. The van der Waals surface area contributed by atoms with E-state index < -0.39 is 11.9 Å². The molecule has 20 heavy (non-hydrogen) atoms. The number of aromatic nitrogens is 3. The molecule has 2 rings (SSSR count). The van der Waals surface area contributed by atoms with Gasteiger partial charge in [0, 0.05) is 11.3 Å². The Morgan fingerprint density at radius 1 is 1.35 bits per heavy atom. The first-order chi connectivity index (χ1) is 9.60. The first kappa shape index (κ1) is 13.5. The van der Waals surface area contributed by atoms with Gasteiger partial charge < -0.3 is 15.8 Å². The Labute approximate surface area is 114 Å². The Morgan fingerprint density at radius 2 is 2.05 bits per heavy atom. The van der Waals surface area contributed by atoms with Crippen molar-refractivity contribution < 1.29 is 14.3 Å². The number of ether oxygens (including phenoxy) is 1. The molecule has 0 fully saturated rings. The van der Waals surface area contributed by atoms with Crippen LogP contribution in [0, 0.1) is 0 Å². The molecule has 0 bridgehead atoms. The van der Waals surface area contributed by atoms with Crippen LogP contribution >= 0.6 is 0 Å². The van der Waals surface area contributed by atoms with Crippen LogP contribution in [0.3, 0.4) is 0 Å². The molecule has 104 valence electrons. The highest BCUT2D eigenvalue weighted by Gasteiger charge is 2.14. The standard InChI is InChI=1S/C12H13N5O3/c1-2-20-11(19)10(18)14-8-5-3-7(4-6-8)9-15-12(13)17-16-9/h3-6H,2H2,1H3,(H,14,18)(H3,13,15,16,17). The van der Waals surface area contributed by atoms with Crippen molar-refractivity contribution >= 4 is 23.5 Å². The summed E-state index contributed by atoms with van der Waals surface area (Å²) >= 11 is 0. The first-order valence-electron chi connectivity index (χ1n) is 5.86. The van der Waals surface area contributed by atoms with Crippen molar-refractivity contribution in [3.8, 4) is 11.4 Å². The van der Waals surface area contributed by atoms with Gasteiger partial charge in [0.1, 0.15) is 0 Å². The van der Waals surface area contributed by atoms with Gasteiger partial charge in [-0.2, -0.15) is 4.98 Å². The molecule has 0 aliphatic heterocycles. The number of nitrogens with zero attached hydrogens (tertiary/aromatic N) is 2. The van der Waals surface area contributed by atoms with E-state index in [0.29, 0.717) is 11.5 Å². The van der Waals surface area contributed by atoms with E-state index in [4.69, 9.17) is 5.73 Å². The normalized spacial score (nSPS) is 10.1. The summed E-state index contributed by atoms with van der Waals surface area (Å²) in [6.07, 6.45) is 0. The summed E-state index contributed by atoms with van der Waals surface area (Å²) in [6, 6.07) is 6.68. The maximum Gasteiger partial charge on any atom is 0.397 e. The Hall–Kier alpha value is -2.90. The third kappa shape index (κ3) is 3.10. The van der Waals surface area contributed by atoms with Gasteiger partial charge >= 0.3 is 11.9 Å². The molecule has 1 aromatic carbocycles. The molecule has 0 spiro atoms. The van der Waals surface area contributed by atoms with Crippen LogP contribution in [0.4, 0.5) is 11.6 Å². The molecule has 0 unspecified atom stereocenters. The SMILES string of the molecule is CCOC(=O)C(=O)Nc1ccc(-c2nc(N)n[nH]2)cc1. The predicted octanol–water partition coefficient (Wildman–Crippen LogP) is 0.555. The average Bonchev–Trinajstić information content (AvgIpc) is 2.86. The number of nitrogen functional groups attached to an aromatic ring is 1. The molecule has 0 saturated heterocycles. The number of rotatable bonds is 3. The lowest BCUT2D eigenvalue weighted by Crippen LogP contribution is -2.24. The second-order valence-corrected chi connectivity index (χ2v) is 3.79. The smallest absolute Gasteiger partial charge is 0.397 e. The highest BCUT2D eigenvalue weighted by atomic mass is 16.5. The van der Waals surface area contributed by atoms with Gasteiger partial charge in [-0.05, 0) is 31.2 Å². The minimum absolute atomic E-state index is 0.151. The molecule has 0 atom stereocenters. The van der Waals surface area contributed by atoms with Crippen LogP contribution in [0.2, 0.25) is 0 Å². The second kappa shape index (κ2) is 5.83. The first-order valence-corrected chi connectivity index (χ1v) is 5.86. The summed E-state index contributed by atoms with van der Waals surface area (Å²) in [5, 5.41) is 8.81. The molecule has 0 aliphatic carbocycles. The fraction of sp³-hybridized carbons (Fsp3) is 0.167. The minimum Gasteiger partial charge on any atom is -0.459 e. The Morgan fingerprint density at radius 3 is 2.60 bits per heavy atom. The number of H-pyrrole nitrogens is 1. The number of nitrogens with one attached hydrogen (secondary N) is 2. The number of esters is 1. The Balaban J connectivity index is 2.05. The van der Waals surface area contributed by atoms with Gasteiger partial charge in [-0.1, -0.05) is 0 Å². The van der Waals surface area contributed by atoms with E-state index in [1.807, 2.05) is 0 Å². The van der Waals surface area contributed by atoms with Crippen molar-refractivity contribution in [2.75, 3.05) is 17.7 Å². The van der Waals surface area contributed by atoms with E-state index >= 15 is 0 Å². The highest BCUT2D eigenvalue weighted by molar-refractivity contribution is 6.37. The van der Waals surface area contributed by atoms with Gasteiger partial charge in [0.15, 0.2) is 5.82 Å². The van der Waals surface area contributed by atoms with Crippen molar-refractivity contribution in [3.63, 3.8) is 0 Å². The molecule has 0 radical (unpaired) electrons. The van der Waals surface area contributed by atoms with Crippen LogP contribution < -0.4 is 11.1 Å². The van der Waals surface area contributed by atoms with Crippen LogP contribution in [-0.4, -0.2) is 33.7 Å². The number of anilines is 2. The molecule has 0 saturated carbocycles. The van der Waals surface area contributed by atoms with Crippen molar-refractivity contribution in [1.29, 1.82) is 0 Å². The lowest BCUT2D eigenvalue weighted by Gasteiger charge is -2.05. The van der Waals surface area contributed by atoms with Crippen LogP contribution in [0.5, 0.6) is 0 Å². The van der Waals surface area contributed by atoms with Crippen LogP contribution in [0.25, 0.3) is 11.4 Å². The van der Waals surface area contributed by atoms with Gasteiger partial charge in [0.2, 0.25) is 5.95 Å². The van der Waals surface area contributed by atoms with Gasteiger partial charge in [0.25, 0.3) is 0 Å². The molecule has 4 N–H and O–H groups in total. The van der Waals surface area contributed by atoms with Crippen LogP contribution in [0.15, 0.2) is 24.3 Å². The number of hydrogen-bond donors (Lipinski definition) is 3. The monoisotopic (exact) mass is 275 g/mol. The maximum absolute atomic E-state index is 11.4. The van der Waals surface area contributed by atoms with E-state index in [1.165, 1.54) is 0 Å². The van der Waals surface area contributed by atoms with Gasteiger partial charge in [-0.3, -0.25) is 9.89 Å². The lowest BCUT2D eigenvalue weighted by atomic mass is 10.2. The third-order valence-corrected chi connectivity index (χ3v) is 2.38. The number of hydrogen-bond acceptors (Lipinski definition) is 6. The molecule has 8 heteroatoms. The maximum atomic E-state index is 11.4. The lowest BCUT2D eigenvalue weighted by molar-refractivity contribution is -0.152. The molecule has 2 aromatic rings. The third-order valence-electron chi connectivity index (χ3n) is 2.38. The number of aromatic amines is 1. The minimum atomic E-state index is -0.917. The molecule has 1 aromatic heterocycles. The zero-order chi connectivity index (χ0) is 14.5. The summed E-state index contributed by atoms with van der Waals surface area (Å²) in [5.74, 6) is -1.06. The van der Waals surface area contributed by atoms with E-state index in [-0.39, 0.29) is 12.6 Å². The summed E-state index contributed by atoms with van der Waals surface area (Å²) in [6.45, 7) is 1.78. The Bertz CT molecular complexity index is 620. The van der Waals surface area contributed by atoms with Gasteiger partial charge in [0.05, 0.1) is 6.61 Å². The van der Waals surface area contributed by atoms with Crippen molar-refractivity contribution in [3.05, 3.63) is 24.3 Å². The van der Waals surface area contributed by atoms with Crippen molar-refractivity contribution in [1.82, 2.24) is 15.2 Å². The molecule has 0 aliphatic rings. The highest BCUT2D eigenvalue weighted by Crippen LogP contribution is 2.18. The summed E-state index contributed by atoms with van der Waals surface area (Å²) in [7, 11) is 0. The predicted molar refractivity (Wildman–Crippen MR) is 71.5 cm³/mol. The second-order valence-electron chi connectivity index (χ2n) is 3.79. The fourth-order valence-electron chi connectivity index (χ4n) is 1.49.